The predicted octanol–water partition coefficient (Wildman–Crippen LogP) is 18.7. The zero-order valence-corrected chi connectivity index (χ0v) is 53.1. The van der Waals surface area contributed by atoms with Gasteiger partial charge in [0, 0.05) is 22.7 Å². The Balaban J connectivity index is 2.20. The number of rotatable bonds is 39. The Bertz CT molecular complexity index is 1890. The normalized spacial score (nSPS) is 12.9. The SMILES string of the molecule is CCCCN(P(c1cccc([Si](CCCC)(CCCC)CCCC)c1)c1cccc([Si](CCCC)(CCCC)CCCC)c1)P(c1cccc([Si](CCCC)(CCCC)CCCC)c1)c1ccccc1C. The van der Waals surface area contributed by atoms with Gasteiger partial charge >= 0.3 is 0 Å². The minimum atomic E-state index is -1.78. The molecule has 0 aromatic heterocycles. The smallest absolute Gasteiger partial charge is 0.0867 e. The van der Waals surface area contributed by atoms with Crippen molar-refractivity contribution < 1.29 is 0 Å². The molecule has 0 aliphatic heterocycles. The summed E-state index contributed by atoms with van der Waals surface area (Å²) < 4.78 is 3.21. The van der Waals surface area contributed by atoms with E-state index in [4.69, 9.17) is 0 Å². The molecule has 0 fully saturated rings. The zero-order chi connectivity index (χ0) is 51.4. The molecular weight excluding hydrogens is 941 g/mol. The van der Waals surface area contributed by atoms with Gasteiger partial charge < -0.3 is 0 Å². The van der Waals surface area contributed by atoms with E-state index >= 15 is 0 Å². The Kier molecular flexibility index (Phi) is 29.7. The van der Waals surface area contributed by atoms with Crippen LogP contribution in [0.1, 0.15) is 203 Å². The van der Waals surface area contributed by atoms with Crippen LogP contribution in [-0.2, 0) is 0 Å². The van der Waals surface area contributed by atoms with Gasteiger partial charge in [-0.2, -0.15) is 0 Å². The molecule has 0 N–H and O–H groups in total. The van der Waals surface area contributed by atoms with Gasteiger partial charge in [-0.05, 0) is 40.1 Å². The van der Waals surface area contributed by atoms with Crippen LogP contribution < -0.4 is 36.8 Å². The van der Waals surface area contributed by atoms with E-state index in [0.717, 1.165) is 6.54 Å². The summed E-state index contributed by atoms with van der Waals surface area (Å²) in [7, 11) is -7.05. The highest BCUT2D eigenvalue weighted by molar-refractivity contribution is 7.84. The quantitative estimate of drug-likeness (QED) is 0.0318. The third-order valence-corrected chi connectivity index (χ3v) is 38.8. The first-order valence-corrected chi connectivity index (χ1v) is 40.9. The topological polar surface area (TPSA) is 3.24 Å². The van der Waals surface area contributed by atoms with E-state index in [0.29, 0.717) is 0 Å². The molecule has 0 radical (unpaired) electrons. The number of hydrogen-bond donors (Lipinski definition) is 0. The highest BCUT2D eigenvalue weighted by Crippen LogP contribution is 2.55. The largest absolute Gasteiger partial charge is 0.245 e. The van der Waals surface area contributed by atoms with Crippen LogP contribution in [-0.4, -0.2) is 35.2 Å². The summed E-state index contributed by atoms with van der Waals surface area (Å²) in [5.41, 5.74) is 1.46. The first-order valence-electron chi connectivity index (χ1n) is 30.4. The van der Waals surface area contributed by atoms with E-state index in [1.165, 1.54) is 188 Å². The number of unbranched alkanes of at least 4 members (excludes halogenated alkanes) is 10. The molecule has 0 aliphatic carbocycles. The Morgan fingerprint density at radius 2 is 0.606 bits per heavy atom. The molecule has 396 valence electrons. The number of benzene rings is 4. The predicted molar refractivity (Wildman–Crippen MR) is 338 cm³/mol. The molecule has 4 aromatic rings. The Morgan fingerprint density at radius 1 is 0.324 bits per heavy atom. The van der Waals surface area contributed by atoms with Crippen LogP contribution in [0.4, 0.5) is 0 Å². The van der Waals surface area contributed by atoms with Gasteiger partial charge in [-0.3, -0.25) is 0 Å². The fourth-order valence-electron chi connectivity index (χ4n) is 12.2. The van der Waals surface area contributed by atoms with Crippen LogP contribution in [0.2, 0.25) is 54.4 Å². The Morgan fingerprint density at radius 3 is 0.887 bits per heavy atom. The standard InChI is InChI=1S/C65H109NP2Si3/c1-12-22-45-66(68(65-44-33-32-37-58(65)11)61-40-36-43-64(57-61)71(52-29-19-8,53-30-20-9)54-31-21-10)67(59-38-34-41-62(55-59)69(46-23-13-2,47-24-14-3)48-25-15-4)60-39-35-42-63(56-60)70(49-26-16-5,50-27-17-6)51-28-18-7/h32-44,55-57H,12-31,45-54H2,1-11H3. The second kappa shape index (κ2) is 34.1. The molecule has 1 nitrogen and oxygen atoms in total. The lowest BCUT2D eigenvalue weighted by atomic mass is 10.2. The fraction of sp³-hybridized carbons (Fsp3) is 0.631. The van der Waals surface area contributed by atoms with Crippen LogP contribution in [0.15, 0.2) is 97.1 Å². The maximum atomic E-state index is 3.21. The van der Waals surface area contributed by atoms with Crippen molar-refractivity contribution in [3.63, 3.8) is 0 Å². The molecule has 1 unspecified atom stereocenters. The van der Waals surface area contributed by atoms with E-state index < -0.39 is 40.4 Å². The molecule has 4 rings (SSSR count). The van der Waals surface area contributed by atoms with Crippen LogP contribution in [0.25, 0.3) is 0 Å². The molecule has 0 saturated carbocycles. The first-order chi connectivity index (χ1) is 34.7. The molecule has 6 heteroatoms. The van der Waals surface area contributed by atoms with Crippen LogP contribution in [0, 0.1) is 6.92 Å². The maximum Gasteiger partial charge on any atom is 0.0867 e. The van der Waals surface area contributed by atoms with E-state index in [1.807, 2.05) is 0 Å². The molecule has 0 heterocycles. The van der Waals surface area contributed by atoms with E-state index in [-0.39, 0.29) is 0 Å². The van der Waals surface area contributed by atoms with Crippen molar-refractivity contribution in [1.82, 2.24) is 4.44 Å². The second-order valence-electron chi connectivity index (χ2n) is 22.3. The maximum absolute atomic E-state index is 3.21. The van der Waals surface area contributed by atoms with Gasteiger partial charge in [0.2, 0.25) is 0 Å². The summed E-state index contributed by atoms with van der Waals surface area (Å²) in [6, 6.07) is 54.8. The van der Waals surface area contributed by atoms with Gasteiger partial charge in [-0.15, -0.1) is 0 Å². The minimum absolute atomic E-state index is 0.860. The molecule has 4 aromatic carbocycles. The Hall–Kier alpha value is -1.65. The summed E-state index contributed by atoms with van der Waals surface area (Å²) in [6.07, 6.45) is 26.5. The minimum Gasteiger partial charge on any atom is -0.245 e. The Labute approximate surface area is 447 Å². The number of hydrogen-bond acceptors (Lipinski definition) is 1. The van der Waals surface area contributed by atoms with Gasteiger partial charge in [0.05, 0.1) is 24.2 Å². The van der Waals surface area contributed by atoms with Gasteiger partial charge in [0.1, 0.15) is 0 Å². The molecule has 1 atom stereocenters. The van der Waals surface area contributed by atoms with Crippen LogP contribution >= 0.6 is 16.1 Å². The van der Waals surface area contributed by atoms with Gasteiger partial charge in [0.15, 0.2) is 0 Å². The molecule has 0 aliphatic rings. The fourth-order valence-corrected chi connectivity index (χ4v) is 35.7. The summed E-state index contributed by atoms with van der Waals surface area (Å²) >= 11 is 0. The summed E-state index contributed by atoms with van der Waals surface area (Å²) in [6.45, 7) is 27.9. The first kappa shape index (κ1) is 61.9. The van der Waals surface area contributed by atoms with Crippen molar-refractivity contribution in [3.05, 3.63) is 103 Å². The lowest BCUT2D eigenvalue weighted by Gasteiger charge is -2.41. The molecule has 0 amide bonds. The lowest BCUT2D eigenvalue weighted by molar-refractivity contribution is 0.646. The van der Waals surface area contributed by atoms with Crippen molar-refractivity contribution in [3.8, 4) is 0 Å². The average molecular weight is 1050 g/mol. The number of nitrogens with zero attached hydrogens (tertiary/aromatic N) is 1. The van der Waals surface area contributed by atoms with Crippen LogP contribution in [0.5, 0.6) is 0 Å². The van der Waals surface area contributed by atoms with Gasteiger partial charge in [0.25, 0.3) is 0 Å². The number of aryl methyl sites for hydroxylation is 1. The van der Waals surface area contributed by atoms with Crippen LogP contribution in [0.3, 0.4) is 0 Å². The van der Waals surface area contributed by atoms with Gasteiger partial charge in [-0.1, -0.05) is 358 Å². The summed E-state index contributed by atoms with van der Waals surface area (Å²) in [5, 5.41) is 11.8. The van der Waals surface area contributed by atoms with Crippen molar-refractivity contribution in [2.24, 2.45) is 0 Å². The zero-order valence-electron chi connectivity index (χ0n) is 48.3. The van der Waals surface area contributed by atoms with Crippen molar-refractivity contribution in [1.29, 1.82) is 0 Å². The summed E-state index contributed by atoms with van der Waals surface area (Å²) in [5.74, 6) is 0. The van der Waals surface area contributed by atoms with Crippen molar-refractivity contribution >= 4 is 77.1 Å². The van der Waals surface area contributed by atoms with Crippen molar-refractivity contribution in [2.75, 3.05) is 6.54 Å². The third-order valence-electron chi connectivity index (χ3n) is 16.7. The van der Waals surface area contributed by atoms with E-state index in [2.05, 4.69) is 178 Å². The highest BCUT2D eigenvalue weighted by Gasteiger charge is 2.40. The molecule has 0 bridgehead atoms. The second-order valence-corrected chi connectivity index (χ2v) is 40.8. The van der Waals surface area contributed by atoms with E-state index in [1.54, 1.807) is 36.8 Å². The van der Waals surface area contributed by atoms with Gasteiger partial charge in [-0.25, -0.2) is 4.44 Å². The highest BCUT2D eigenvalue weighted by atomic mass is 31.2. The lowest BCUT2D eigenvalue weighted by Crippen LogP contribution is -2.49. The average Bonchev–Trinajstić information content (AvgIpc) is 3.40. The third kappa shape index (κ3) is 17.7. The van der Waals surface area contributed by atoms with Crippen molar-refractivity contribution in [2.45, 2.75) is 259 Å². The summed E-state index contributed by atoms with van der Waals surface area (Å²) in [4.78, 5) is 0. The molecule has 0 saturated heterocycles. The molecule has 0 spiro atoms. The monoisotopic (exact) mass is 1050 g/mol. The molecule has 71 heavy (non-hydrogen) atoms. The van der Waals surface area contributed by atoms with E-state index in [9.17, 15) is 0 Å². The molecular formula is C65H109NP2Si3.